The molecule has 2 amide bonds. The van der Waals surface area contributed by atoms with E-state index >= 15 is 0 Å². The first-order valence-electron chi connectivity index (χ1n) is 12.0. The fourth-order valence-corrected chi connectivity index (χ4v) is 4.09. The molecule has 0 aliphatic carbocycles. The molecule has 4 aromatic carbocycles. The largest absolute Gasteiger partial charge is 0.322 e. The van der Waals surface area contributed by atoms with Crippen molar-refractivity contribution in [3.05, 3.63) is 126 Å². The summed E-state index contributed by atoms with van der Waals surface area (Å²) in [6.07, 6.45) is 0. The normalized spacial score (nSPS) is 10.6. The van der Waals surface area contributed by atoms with Crippen LogP contribution in [0.1, 0.15) is 26.3 Å². The molecule has 182 valence electrons. The smallest absolute Gasteiger partial charge is 0.256 e. The van der Waals surface area contributed by atoms with Gasteiger partial charge < -0.3 is 10.6 Å². The Hall–Kier alpha value is -4.97. The highest BCUT2D eigenvalue weighted by atomic mass is 16.2. The molecule has 0 saturated heterocycles. The highest BCUT2D eigenvalue weighted by Crippen LogP contribution is 2.26. The number of rotatable bonds is 6. The summed E-state index contributed by atoms with van der Waals surface area (Å²) in [5.41, 5.74) is 6.51. The highest BCUT2D eigenvalue weighted by Gasteiger charge is 2.14. The van der Waals surface area contributed by atoms with Crippen molar-refractivity contribution >= 4 is 23.3 Å². The number of carbonyl (C=O) groups is 2. The SMILES string of the molecule is Cc1ccc(-c2ccccc2C(=O)Nc2ccc(-c3cc(NC(=O)c4ccccc4)n(C)n3)cc2)cc1. The Morgan fingerprint density at radius 1 is 0.703 bits per heavy atom. The van der Waals surface area contributed by atoms with E-state index in [-0.39, 0.29) is 11.8 Å². The van der Waals surface area contributed by atoms with Gasteiger partial charge in [0.15, 0.2) is 0 Å². The molecular formula is C31H26N4O2. The summed E-state index contributed by atoms with van der Waals surface area (Å²) in [6.45, 7) is 2.04. The number of hydrogen-bond acceptors (Lipinski definition) is 3. The van der Waals surface area contributed by atoms with Crippen molar-refractivity contribution in [3.8, 4) is 22.4 Å². The van der Waals surface area contributed by atoms with Crippen LogP contribution in [0.25, 0.3) is 22.4 Å². The quantitative estimate of drug-likeness (QED) is 0.285. The van der Waals surface area contributed by atoms with Gasteiger partial charge in [0.05, 0.1) is 5.69 Å². The number of amides is 2. The first kappa shape index (κ1) is 23.8. The summed E-state index contributed by atoms with van der Waals surface area (Å²) in [5.74, 6) is 0.223. The molecule has 6 heteroatoms. The second kappa shape index (κ2) is 10.3. The van der Waals surface area contributed by atoms with Gasteiger partial charge in [-0.2, -0.15) is 5.10 Å². The summed E-state index contributed by atoms with van der Waals surface area (Å²) in [7, 11) is 1.78. The first-order valence-corrected chi connectivity index (χ1v) is 12.0. The molecule has 1 aromatic heterocycles. The number of nitrogens with one attached hydrogen (secondary N) is 2. The fourth-order valence-electron chi connectivity index (χ4n) is 4.09. The molecule has 0 aliphatic rings. The maximum atomic E-state index is 13.1. The van der Waals surface area contributed by atoms with Crippen LogP contribution in [-0.4, -0.2) is 21.6 Å². The van der Waals surface area contributed by atoms with Crippen LogP contribution in [0, 0.1) is 6.92 Å². The Kier molecular flexibility index (Phi) is 6.64. The molecule has 37 heavy (non-hydrogen) atoms. The van der Waals surface area contributed by atoms with Crippen LogP contribution in [-0.2, 0) is 7.05 Å². The third-order valence-corrected chi connectivity index (χ3v) is 6.13. The summed E-state index contributed by atoms with van der Waals surface area (Å²) >= 11 is 0. The second-order valence-electron chi connectivity index (χ2n) is 8.80. The number of nitrogens with zero attached hydrogens (tertiary/aromatic N) is 2. The number of benzene rings is 4. The van der Waals surface area contributed by atoms with E-state index in [0.717, 1.165) is 16.7 Å². The summed E-state index contributed by atoms with van der Waals surface area (Å²) in [6, 6.07) is 34.1. The Morgan fingerprint density at radius 2 is 1.35 bits per heavy atom. The summed E-state index contributed by atoms with van der Waals surface area (Å²) < 4.78 is 1.63. The molecule has 5 aromatic rings. The van der Waals surface area contributed by atoms with E-state index in [1.165, 1.54) is 5.56 Å². The summed E-state index contributed by atoms with van der Waals surface area (Å²) in [4.78, 5) is 25.6. The lowest BCUT2D eigenvalue weighted by Gasteiger charge is -2.11. The third kappa shape index (κ3) is 5.33. The van der Waals surface area contributed by atoms with E-state index in [2.05, 4.69) is 15.7 Å². The zero-order valence-electron chi connectivity index (χ0n) is 20.6. The van der Waals surface area contributed by atoms with Gasteiger partial charge in [-0.25, -0.2) is 0 Å². The minimum Gasteiger partial charge on any atom is -0.322 e. The number of hydrogen-bond donors (Lipinski definition) is 2. The van der Waals surface area contributed by atoms with Crippen LogP contribution in [0.3, 0.4) is 0 Å². The monoisotopic (exact) mass is 486 g/mol. The van der Waals surface area contributed by atoms with Crippen molar-refractivity contribution in [2.75, 3.05) is 10.6 Å². The lowest BCUT2D eigenvalue weighted by atomic mass is 9.98. The Morgan fingerprint density at radius 3 is 2.08 bits per heavy atom. The van der Waals surface area contributed by atoms with E-state index in [0.29, 0.717) is 28.3 Å². The van der Waals surface area contributed by atoms with Gasteiger partial charge in [0.2, 0.25) is 0 Å². The van der Waals surface area contributed by atoms with Crippen molar-refractivity contribution in [2.45, 2.75) is 6.92 Å². The molecule has 2 N–H and O–H groups in total. The van der Waals surface area contributed by atoms with Gasteiger partial charge in [-0.1, -0.05) is 78.4 Å². The van der Waals surface area contributed by atoms with Crippen LogP contribution < -0.4 is 10.6 Å². The predicted molar refractivity (Wildman–Crippen MR) is 148 cm³/mol. The van der Waals surface area contributed by atoms with Crippen LogP contribution in [0.15, 0.2) is 109 Å². The standard InChI is InChI=1S/C31H26N4O2/c1-21-12-14-22(15-13-21)26-10-6-7-11-27(26)31(37)32-25-18-16-23(17-19-25)28-20-29(35(2)34-28)33-30(36)24-8-4-3-5-9-24/h3-20H,1-2H3,(H,32,37)(H,33,36). The van der Waals surface area contributed by atoms with Crippen molar-refractivity contribution in [2.24, 2.45) is 7.05 Å². The molecule has 0 aliphatic heterocycles. The van der Waals surface area contributed by atoms with Crippen molar-refractivity contribution in [1.82, 2.24) is 9.78 Å². The molecule has 1 heterocycles. The van der Waals surface area contributed by atoms with Gasteiger partial charge in [-0.05, 0) is 48.4 Å². The zero-order valence-corrected chi connectivity index (χ0v) is 20.6. The van der Waals surface area contributed by atoms with E-state index in [4.69, 9.17) is 0 Å². The van der Waals surface area contributed by atoms with Crippen molar-refractivity contribution < 1.29 is 9.59 Å². The van der Waals surface area contributed by atoms with Crippen molar-refractivity contribution in [1.29, 1.82) is 0 Å². The molecule has 0 atom stereocenters. The van der Waals surface area contributed by atoms with Gasteiger partial charge in [-0.3, -0.25) is 14.3 Å². The van der Waals surface area contributed by atoms with Gasteiger partial charge in [0.25, 0.3) is 11.8 Å². The molecule has 0 spiro atoms. The molecule has 0 saturated carbocycles. The second-order valence-corrected chi connectivity index (χ2v) is 8.80. The molecule has 6 nitrogen and oxygen atoms in total. The fraction of sp³-hybridized carbons (Fsp3) is 0.0645. The van der Waals surface area contributed by atoms with E-state index < -0.39 is 0 Å². The number of aromatic nitrogens is 2. The average molecular weight is 487 g/mol. The maximum absolute atomic E-state index is 13.1. The molecule has 0 unspecified atom stereocenters. The minimum atomic E-state index is -0.195. The molecule has 0 radical (unpaired) electrons. The van der Waals surface area contributed by atoms with Gasteiger partial charge in [-0.15, -0.1) is 0 Å². The van der Waals surface area contributed by atoms with E-state index in [1.54, 1.807) is 23.9 Å². The lowest BCUT2D eigenvalue weighted by Crippen LogP contribution is -2.14. The predicted octanol–water partition coefficient (Wildman–Crippen LogP) is 6.57. The number of aryl methyl sites for hydroxylation is 2. The average Bonchev–Trinajstić information content (AvgIpc) is 3.29. The van der Waals surface area contributed by atoms with Gasteiger partial charge in [0, 0.05) is 35.5 Å². The molecule has 5 rings (SSSR count). The third-order valence-electron chi connectivity index (χ3n) is 6.13. The van der Waals surface area contributed by atoms with Crippen LogP contribution >= 0.6 is 0 Å². The number of carbonyl (C=O) groups excluding carboxylic acids is 2. The van der Waals surface area contributed by atoms with E-state index in [1.807, 2.05) is 104 Å². The molecule has 0 bridgehead atoms. The minimum absolute atomic E-state index is 0.173. The number of anilines is 2. The van der Waals surface area contributed by atoms with Crippen LogP contribution in [0.4, 0.5) is 11.5 Å². The van der Waals surface area contributed by atoms with Crippen LogP contribution in [0.5, 0.6) is 0 Å². The maximum Gasteiger partial charge on any atom is 0.256 e. The highest BCUT2D eigenvalue weighted by molar-refractivity contribution is 6.08. The first-order chi connectivity index (χ1) is 18.0. The lowest BCUT2D eigenvalue weighted by molar-refractivity contribution is 0.101. The van der Waals surface area contributed by atoms with Gasteiger partial charge in [0.1, 0.15) is 5.82 Å². The van der Waals surface area contributed by atoms with E-state index in [9.17, 15) is 9.59 Å². The Bertz CT molecular complexity index is 1550. The Balaban J connectivity index is 1.30. The Labute approximate surface area is 215 Å². The summed E-state index contributed by atoms with van der Waals surface area (Å²) in [5, 5.41) is 10.4. The molecular weight excluding hydrogens is 460 g/mol. The van der Waals surface area contributed by atoms with Crippen LogP contribution in [0.2, 0.25) is 0 Å². The van der Waals surface area contributed by atoms with Gasteiger partial charge >= 0.3 is 0 Å². The topological polar surface area (TPSA) is 76.0 Å². The van der Waals surface area contributed by atoms with Crippen molar-refractivity contribution in [3.63, 3.8) is 0 Å². The zero-order chi connectivity index (χ0) is 25.8. The molecule has 0 fully saturated rings.